The molecule has 2 aromatic rings. The Kier molecular flexibility index (Phi) is 3.45. The van der Waals surface area contributed by atoms with Crippen LogP contribution in [0.1, 0.15) is 12.8 Å². The van der Waals surface area contributed by atoms with E-state index < -0.39 is 5.54 Å². The topological polar surface area (TPSA) is 88.0 Å². The fraction of sp³-hybridized carbons (Fsp3) is 0.467. The van der Waals surface area contributed by atoms with Gasteiger partial charge in [0, 0.05) is 26.2 Å². The Morgan fingerprint density at radius 3 is 2.61 bits per heavy atom. The summed E-state index contributed by atoms with van der Waals surface area (Å²) in [6.45, 7) is 3.02. The molecule has 1 spiro atoms. The summed E-state index contributed by atoms with van der Waals surface area (Å²) in [6.07, 6.45) is 1.50. The monoisotopic (exact) mass is 313 g/mol. The molecule has 1 aromatic heterocycles. The van der Waals surface area contributed by atoms with Crippen molar-refractivity contribution in [2.45, 2.75) is 18.4 Å². The normalized spacial score (nSPS) is 20.5. The highest BCUT2D eigenvalue weighted by Gasteiger charge is 2.43. The van der Waals surface area contributed by atoms with Gasteiger partial charge in [0.1, 0.15) is 5.54 Å². The van der Waals surface area contributed by atoms with Crippen LogP contribution >= 0.6 is 0 Å². The number of amides is 1. The molecule has 2 fully saturated rings. The molecule has 2 N–H and O–H groups in total. The Balaban J connectivity index is 1.54. The van der Waals surface area contributed by atoms with Gasteiger partial charge in [0.05, 0.1) is 5.69 Å². The molecular weight excluding hydrogens is 294 g/mol. The third kappa shape index (κ3) is 2.44. The van der Waals surface area contributed by atoms with E-state index in [4.69, 9.17) is 0 Å². The molecule has 8 nitrogen and oxygen atoms in total. The number of para-hydroxylation sites is 1. The van der Waals surface area contributed by atoms with E-state index in [1.807, 2.05) is 30.3 Å². The van der Waals surface area contributed by atoms with Gasteiger partial charge in [0.15, 0.2) is 0 Å². The number of rotatable bonds is 2. The Labute approximate surface area is 133 Å². The highest BCUT2D eigenvalue weighted by atomic mass is 16.2. The van der Waals surface area contributed by atoms with E-state index in [2.05, 4.69) is 31.1 Å². The number of nitrogens with zero attached hydrogens (tertiary/aromatic N) is 5. The number of nitrogens with one attached hydrogen (secondary N) is 2. The number of hydrogen-bond acceptors (Lipinski definition) is 6. The SMILES string of the molecule is O=C1NCCNC12CCN(c1nnnn1-c1ccccc1)CC2. The second-order valence-electron chi connectivity index (χ2n) is 5.98. The molecule has 0 saturated carbocycles. The molecule has 0 radical (unpaired) electrons. The molecule has 8 heteroatoms. The molecule has 3 heterocycles. The summed E-state index contributed by atoms with van der Waals surface area (Å²) in [5.74, 6) is 0.841. The molecule has 1 amide bonds. The van der Waals surface area contributed by atoms with Crippen molar-refractivity contribution in [3.05, 3.63) is 30.3 Å². The van der Waals surface area contributed by atoms with Crippen molar-refractivity contribution in [3.63, 3.8) is 0 Å². The van der Waals surface area contributed by atoms with Crippen molar-refractivity contribution in [1.82, 2.24) is 30.8 Å². The molecule has 120 valence electrons. The fourth-order valence-corrected chi connectivity index (χ4v) is 3.34. The van der Waals surface area contributed by atoms with E-state index in [0.717, 1.165) is 44.1 Å². The lowest BCUT2D eigenvalue weighted by Gasteiger charge is -2.43. The van der Waals surface area contributed by atoms with Gasteiger partial charge in [0.2, 0.25) is 11.9 Å². The molecule has 0 unspecified atom stereocenters. The van der Waals surface area contributed by atoms with Crippen molar-refractivity contribution in [3.8, 4) is 5.69 Å². The largest absolute Gasteiger partial charge is 0.353 e. The molecule has 0 aliphatic carbocycles. The first-order valence-corrected chi connectivity index (χ1v) is 7.91. The van der Waals surface area contributed by atoms with Crippen molar-refractivity contribution in [1.29, 1.82) is 0 Å². The molecular formula is C15H19N7O. The first kappa shape index (κ1) is 14.1. The number of benzene rings is 1. The number of carbonyl (C=O) groups excluding carboxylic acids is 1. The van der Waals surface area contributed by atoms with Crippen LogP contribution in [0.5, 0.6) is 0 Å². The number of piperidine rings is 1. The van der Waals surface area contributed by atoms with Crippen LogP contribution in [0.15, 0.2) is 30.3 Å². The minimum atomic E-state index is -0.431. The van der Waals surface area contributed by atoms with E-state index in [9.17, 15) is 4.79 Å². The molecule has 2 aliphatic heterocycles. The molecule has 23 heavy (non-hydrogen) atoms. The zero-order chi connectivity index (χ0) is 15.7. The van der Waals surface area contributed by atoms with Crippen molar-refractivity contribution < 1.29 is 4.79 Å². The van der Waals surface area contributed by atoms with Gasteiger partial charge in [-0.05, 0) is 35.4 Å². The maximum absolute atomic E-state index is 12.2. The van der Waals surface area contributed by atoms with Crippen LogP contribution in [0.2, 0.25) is 0 Å². The number of anilines is 1. The van der Waals surface area contributed by atoms with Crippen LogP contribution in [-0.2, 0) is 4.79 Å². The van der Waals surface area contributed by atoms with E-state index in [0.29, 0.717) is 6.54 Å². The second kappa shape index (κ2) is 5.62. The smallest absolute Gasteiger partial charge is 0.250 e. The fourth-order valence-electron chi connectivity index (χ4n) is 3.34. The average molecular weight is 313 g/mol. The minimum Gasteiger partial charge on any atom is -0.353 e. The molecule has 0 bridgehead atoms. The zero-order valence-electron chi connectivity index (χ0n) is 12.8. The van der Waals surface area contributed by atoms with Crippen LogP contribution in [0.4, 0.5) is 5.95 Å². The number of aromatic nitrogens is 4. The molecule has 4 rings (SSSR count). The maximum atomic E-state index is 12.2. The van der Waals surface area contributed by atoms with Gasteiger partial charge in [-0.3, -0.25) is 4.79 Å². The molecule has 1 aromatic carbocycles. The van der Waals surface area contributed by atoms with Gasteiger partial charge >= 0.3 is 0 Å². The van der Waals surface area contributed by atoms with Gasteiger partial charge in [-0.1, -0.05) is 23.3 Å². The van der Waals surface area contributed by atoms with Gasteiger partial charge < -0.3 is 15.5 Å². The minimum absolute atomic E-state index is 0.117. The van der Waals surface area contributed by atoms with Gasteiger partial charge in [-0.2, -0.15) is 4.68 Å². The number of piperazine rings is 1. The second-order valence-corrected chi connectivity index (χ2v) is 5.98. The summed E-state index contributed by atoms with van der Waals surface area (Å²) in [7, 11) is 0. The highest BCUT2D eigenvalue weighted by molar-refractivity contribution is 5.87. The van der Waals surface area contributed by atoms with E-state index >= 15 is 0 Å². The van der Waals surface area contributed by atoms with Crippen molar-refractivity contribution in [2.75, 3.05) is 31.1 Å². The van der Waals surface area contributed by atoms with Crippen LogP contribution in [0, 0.1) is 0 Å². The number of tetrazole rings is 1. The third-order valence-corrected chi connectivity index (χ3v) is 4.66. The summed E-state index contributed by atoms with van der Waals surface area (Å²) < 4.78 is 1.74. The Morgan fingerprint density at radius 2 is 1.87 bits per heavy atom. The lowest BCUT2D eigenvalue weighted by molar-refractivity contribution is -0.130. The highest BCUT2D eigenvalue weighted by Crippen LogP contribution is 2.27. The van der Waals surface area contributed by atoms with Gasteiger partial charge in [-0.25, -0.2) is 0 Å². The van der Waals surface area contributed by atoms with E-state index in [-0.39, 0.29) is 5.91 Å². The maximum Gasteiger partial charge on any atom is 0.250 e. The number of hydrogen-bond donors (Lipinski definition) is 2. The van der Waals surface area contributed by atoms with Gasteiger partial charge in [0.25, 0.3) is 0 Å². The Morgan fingerprint density at radius 1 is 1.09 bits per heavy atom. The summed E-state index contributed by atoms with van der Waals surface area (Å²) in [4.78, 5) is 14.4. The van der Waals surface area contributed by atoms with Crippen LogP contribution in [-0.4, -0.2) is 57.8 Å². The summed E-state index contributed by atoms with van der Waals surface area (Å²) in [6, 6.07) is 9.83. The first-order chi connectivity index (χ1) is 11.3. The standard InChI is InChI=1S/C15H19N7O/c23-13-15(17-9-8-16-13)6-10-21(11-7-15)14-18-19-20-22(14)12-4-2-1-3-5-12/h1-5,17H,6-11H2,(H,16,23). The average Bonchev–Trinajstić information content (AvgIpc) is 3.09. The van der Waals surface area contributed by atoms with E-state index in [1.54, 1.807) is 4.68 Å². The zero-order valence-corrected chi connectivity index (χ0v) is 12.8. The molecule has 2 saturated heterocycles. The van der Waals surface area contributed by atoms with Crippen molar-refractivity contribution >= 4 is 11.9 Å². The predicted octanol–water partition coefficient (Wildman–Crippen LogP) is -0.279. The quantitative estimate of drug-likeness (QED) is 0.793. The predicted molar refractivity (Wildman–Crippen MR) is 84.3 cm³/mol. The van der Waals surface area contributed by atoms with Crippen LogP contribution < -0.4 is 15.5 Å². The van der Waals surface area contributed by atoms with E-state index in [1.165, 1.54) is 0 Å². The van der Waals surface area contributed by atoms with Crippen LogP contribution in [0.25, 0.3) is 5.69 Å². The third-order valence-electron chi connectivity index (χ3n) is 4.66. The molecule has 2 aliphatic rings. The summed E-state index contributed by atoms with van der Waals surface area (Å²) >= 11 is 0. The lowest BCUT2D eigenvalue weighted by atomic mass is 9.85. The van der Waals surface area contributed by atoms with Crippen molar-refractivity contribution in [2.24, 2.45) is 0 Å². The van der Waals surface area contributed by atoms with Gasteiger partial charge in [-0.15, -0.1) is 0 Å². The van der Waals surface area contributed by atoms with Crippen LogP contribution in [0.3, 0.4) is 0 Å². The first-order valence-electron chi connectivity index (χ1n) is 7.91. The Hall–Kier alpha value is -2.48. The summed E-state index contributed by atoms with van der Waals surface area (Å²) in [5.41, 5.74) is 0.501. The number of carbonyl (C=O) groups is 1. The molecule has 0 atom stereocenters. The lowest BCUT2D eigenvalue weighted by Crippen LogP contribution is -2.66. The summed E-state index contributed by atoms with van der Waals surface area (Å²) in [5, 5.41) is 18.5. The Bertz CT molecular complexity index is 691.